The first-order valence-electron chi connectivity index (χ1n) is 28.0. The van der Waals surface area contributed by atoms with Gasteiger partial charge in [-0.2, -0.15) is 41.6 Å². The smallest absolute Gasteiger partial charge is 0.268 e. The number of rotatable bonds is 9. The molecule has 411 valence electrons. The van der Waals surface area contributed by atoms with Gasteiger partial charge in [0.05, 0.1) is 45.7 Å². The Morgan fingerprint density at radius 1 is 0.349 bits per heavy atom. The monoisotopic (exact) mass is 1280 g/mol. The molecule has 9 nitrogen and oxygen atoms in total. The number of imidazole rings is 2. The Morgan fingerprint density at radius 2 is 0.721 bits per heavy atom. The summed E-state index contributed by atoms with van der Waals surface area (Å²) < 4.78 is 8.80. The fraction of sp³-hybridized carbons (Fsp3) is 0. The van der Waals surface area contributed by atoms with E-state index in [1.807, 2.05) is 24.3 Å². The molecule has 0 atom stereocenters. The van der Waals surface area contributed by atoms with E-state index in [-0.39, 0.29) is 20.1 Å². The van der Waals surface area contributed by atoms with Gasteiger partial charge in [0.2, 0.25) is 0 Å². The normalized spacial score (nSPS) is 10.9. The van der Waals surface area contributed by atoms with E-state index < -0.39 is 0 Å². The van der Waals surface area contributed by atoms with Crippen LogP contribution in [0.2, 0.25) is 0 Å². The number of hydrogen-bond acceptors (Lipinski definition) is 4. The van der Waals surface area contributed by atoms with Crippen molar-refractivity contribution in [3.05, 3.63) is 328 Å². The Hall–Kier alpha value is -11.0. The van der Waals surface area contributed by atoms with Gasteiger partial charge in [0.15, 0.2) is 0 Å². The summed E-state index contributed by atoms with van der Waals surface area (Å²) in [4.78, 5) is 4.02. The average molecular weight is 1280 g/mol. The summed E-state index contributed by atoms with van der Waals surface area (Å²) in [7, 11) is 0. The fourth-order valence-electron chi connectivity index (χ4n) is 11.2. The van der Waals surface area contributed by atoms with Crippen molar-refractivity contribution in [2.24, 2.45) is 0 Å². The maximum absolute atomic E-state index is 4.02. The zero-order chi connectivity index (χ0) is 56.7. The molecule has 16 aromatic rings. The van der Waals surface area contributed by atoms with E-state index in [2.05, 4.69) is 336 Å². The molecule has 4 aromatic heterocycles. The Labute approximate surface area is 511 Å². The van der Waals surface area contributed by atoms with Crippen LogP contribution in [0.15, 0.2) is 303 Å². The van der Waals surface area contributed by atoms with Crippen LogP contribution in [0, 0.1) is 24.8 Å². The Balaban J connectivity index is 0.000000134. The predicted octanol–water partition coefficient (Wildman–Crippen LogP) is 15.9. The largest absolute Gasteiger partial charge is 0.329 e. The summed E-state index contributed by atoms with van der Waals surface area (Å²) in [6.07, 6.45) is 9.20. The molecular formula is C76H50IrN9-3. The minimum Gasteiger partial charge on any atom is -0.329 e. The van der Waals surface area contributed by atoms with E-state index in [1.165, 1.54) is 32.3 Å². The van der Waals surface area contributed by atoms with Crippen molar-refractivity contribution in [2.45, 2.75) is 0 Å². The van der Waals surface area contributed by atoms with Crippen molar-refractivity contribution in [1.29, 1.82) is 0 Å². The zero-order valence-electron chi connectivity index (χ0n) is 46.2. The van der Waals surface area contributed by atoms with Crippen molar-refractivity contribution in [3.63, 3.8) is 0 Å². The molecule has 0 fully saturated rings. The van der Waals surface area contributed by atoms with Gasteiger partial charge in [-0.3, -0.25) is 24.4 Å². The SMILES string of the molecule is [Ir].[c-]1ccc2ccccc2c1-n1[c-][n+](-c2cccc3ccccc23)c(-c2ccccc2)c1-c1ccccc1.[c-]1ccc2ccccc2c1-n1[c-][n+](-c2cccc3ccccc23)c(-c2ccccc2)c1-c1ccccc1.c1ccc(-c2nnn[n-]2)nc1. The van der Waals surface area contributed by atoms with Crippen LogP contribution in [-0.2, 0) is 20.1 Å². The zero-order valence-corrected chi connectivity index (χ0v) is 48.6. The second kappa shape index (κ2) is 24.8. The van der Waals surface area contributed by atoms with Gasteiger partial charge in [0.25, 0.3) is 12.7 Å². The van der Waals surface area contributed by atoms with Gasteiger partial charge < -0.3 is 14.2 Å². The summed E-state index contributed by atoms with van der Waals surface area (Å²) in [6, 6.07) is 110. The molecule has 86 heavy (non-hydrogen) atoms. The number of aromatic nitrogens is 9. The van der Waals surface area contributed by atoms with Crippen molar-refractivity contribution in [3.8, 4) is 79.3 Å². The number of tetrazole rings is 1. The molecule has 0 saturated carbocycles. The molecule has 0 aliphatic carbocycles. The van der Waals surface area contributed by atoms with Gasteiger partial charge in [0, 0.05) is 26.3 Å². The number of fused-ring (bicyclic) bond motifs is 4. The molecular weight excluding hydrogens is 1230 g/mol. The minimum atomic E-state index is 0. The maximum Gasteiger partial charge on any atom is 0.268 e. The third-order valence-corrected chi connectivity index (χ3v) is 15.0. The van der Waals surface area contributed by atoms with Gasteiger partial charge in [-0.25, -0.2) is 0 Å². The summed E-state index contributed by atoms with van der Waals surface area (Å²) in [5, 5.41) is 23.4. The predicted molar refractivity (Wildman–Crippen MR) is 338 cm³/mol. The molecule has 0 N–H and O–H groups in total. The third kappa shape index (κ3) is 10.7. The summed E-state index contributed by atoms with van der Waals surface area (Å²) in [6.45, 7) is 0. The number of pyridine rings is 1. The number of benzene rings is 12. The Bertz CT molecular complexity index is 4360. The van der Waals surface area contributed by atoms with Gasteiger partial charge >= 0.3 is 0 Å². The summed E-state index contributed by atoms with van der Waals surface area (Å²) in [5.74, 6) is 0.464. The third-order valence-electron chi connectivity index (χ3n) is 15.0. The summed E-state index contributed by atoms with van der Waals surface area (Å²) >= 11 is 0. The first-order chi connectivity index (χ1) is 42.2. The molecule has 0 spiro atoms. The van der Waals surface area contributed by atoms with Crippen LogP contribution in [0.5, 0.6) is 0 Å². The molecule has 1 radical (unpaired) electrons. The molecule has 0 bridgehead atoms. The Morgan fingerprint density at radius 3 is 1.13 bits per heavy atom. The first kappa shape index (κ1) is 54.2. The average Bonchev–Trinajstić information content (AvgIpc) is 1.94. The first-order valence-corrected chi connectivity index (χ1v) is 28.0. The van der Waals surface area contributed by atoms with E-state index in [1.54, 1.807) is 12.3 Å². The van der Waals surface area contributed by atoms with Crippen LogP contribution in [0.3, 0.4) is 0 Å². The van der Waals surface area contributed by atoms with Crippen LogP contribution in [0.4, 0.5) is 0 Å². The summed E-state index contributed by atoms with van der Waals surface area (Å²) in [5.41, 5.74) is 13.7. The van der Waals surface area contributed by atoms with Crippen LogP contribution >= 0.6 is 0 Å². The van der Waals surface area contributed by atoms with Gasteiger partial charge in [-0.1, -0.05) is 237 Å². The minimum absolute atomic E-state index is 0. The molecule has 0 unspecified atom stereocenters. The maximum atomic E-state index is 4.02. The van der Waals surface area contributed by atoms with Crippen molar-refractivity contribution in [1.82, 2.24) is 34.7 Å². The van der Waals surface area contributed by atoms with Crippen molar-refractivity contribution >= 4 is 43.1 Å². The van der Waals surface area contributed by atoms with Crippen molar-refractivity contribution in [2.75, 3.05) is 0 Å². The Kier molecular flexibility index (Phi) is 15.7. The van der Waals surface area contributed by atoms with E-state index in [0.29, 0.717) is 11.5 Å². The van der Waals surface area contributed by atoms with Gasteiger partial charge in [0.1, 0.15) is 0 Å². The molecule has 0 aliphatic heterocycles. The second-order valence-electron chi connectivity index (χ2n) is 20.1. The fourth-order valence-corrected chi connectivity index (χ4v) is 11.2. The number of hydrogen-bond donors (Lipinski definition) is 0. The molecule has 4 heterocycles. The molecule has 16 rings (SSSR count). The van der Waals surface area contributed by atoms with E-state index in [4.69, 9.17) is 0 Å². The molecule has 0 amide bonds. The van der Waals surface area contributed by atoms with E-state index in [0.717, 1.165) is 78.6 Å². The van der Waals surface area contributed by atoms with Gasteiger partial charge in [-0.05, 0) is 79.4 Å². The van der Waals surface area contributed by atoms with Crippen LogP contribution in [-0.4, -0.2) is 29.6 Å². The van der Waals surface area contributed by atoms with Crippen LogP contribution < -0.4 is 14.2 Å². The molecule has 10 heteroatoms. The standard InChI is InChI=1S/2C35H23N2.C6H4N5.Ir/c2*1-3-15-28(16-4-1)34-35(29-17-5-2-6-18-29)37(33-24-12-20-27-14-8-10-22-31(27)33)25-36(34)32-23-11-19-26-13-7-9-21-30(26)32;1-2-4-7-5(3-1)6-8-10-11-9-6;/h2*1-23H;1-4H;/q3*-1;. The molecule has 0 saturated heterocycles. The molecule has 0 aliphatic rings. The number of nitrogens with zero attached hydrogens (tertiary/aromatic N) is 9. The van der Waals surface area contributed by atoms with E-state index in [9.17, 15) is 0 Å². The van der Waals surface area contributed by atoms with Crippen LogP contribution in [0.25, 0.3) is 122 Å². The molecule has 12 aromatic carbocycles. The van der Waals surface area contributed by atoms with E-state index >= 15 is 0 Å². The van der Waals surface area contributed by atoms with Crippen molar-refractivity contribution < 1.29 is 29.2 Å². The van der Waals surface area contributed by atoms with Gasteiger partial charge in [-0.15, -0.1) is 33.7 Å². The topological polar surface area (TPSA) is 83.3 Å². The quantitative estimate of drug-likeness (QED) is 0.106. The second-order valence-corrected chi connectivity index (χ2v) is 20.1. The van der Waals surface area contributed by atoms with Crippen LogP contribution in [0.1, 0.15) is 0 Å².